The van der Waals surface area contributed by atoms with E-state index in [4.69, 9.17) is 11.6 Å². The van der Waals surface area contributed by atoms with E-state index in [1.807, 2.05) is 0 Å². The molecular weight excluding hydrogens is 378 g/mol. The summed E-state index contributed by atoms with van der Waals surface area (Å²) in [5.41, 5.74) is -0.491. The smallest absolute Gasteiger partial charge is 0.266 e. The van der Waals surface area contributed by atoms with E-state index in [2.05, 4.69) is 10.2 Å². The fourth-order valence-electron chi connectivity index (χ4n) is 1.87. The van der Waals surface area contributed by atoms with E-state index in [-0.39, 0.29) is 21.2 Å². The van der Waals surface area contributed by atoms with Gasteiger partial charge >= 0.3 is 0 Å². The molecule has 0 heterocycles. The zero-order valence-electron chi connectivity index (χ0n) is 13.1. The number of benzene rings is 2. The summed E-state index contributed by atoms with van der Waals surface area (Å²) in [6.07, 6.45) is 0. The molecule has 1 N–H and O–H groups in total. The van der Waals surface area contributed by atoms with E-state index in [1.54, 1.807) is 0 Å². The van der Waals surface area contributed by atoms with Gasteiger partial charge in [-0.1, -0.05) is 16.1 Å². The van der Waals surface area contributed by atoms with Gasteiger partial charge in [0.05, 0.1) is 17.8 Å². The summed E-state index contributed by atoms with van der Waals surface area (Å²) in [7, 11) is -1.80. The van der Waals surface area contributed by atoms with Gasteiger partial charge in [-0.3, -0.25) is 9.63 Å². The highest BCUT2D eigenvalue weighted by Gasteiger charge is 2.25. The number of carbonyl (C=O) groups is 1. The summed E-state index contributed by atoms with van der Waals surface area (Å²) in [6, 6.07) is 6.03. The summed E-state index contributed by atoms with van der Waals surface area (Å²) in [5, 5.41) is 2.04. The highest BCUT2D eigenvalue weighted by Crippen LogP contribution is 2.26. The van der Waals surface area contributed by atoms with Crippen molar-refractivity contribution in [1.82, 2.24) is 4.47 Å². The highest BCUT2D eigenvalue weighted by molar-refractivity contribution is 7.89. The fraction of sp³-hybridized carbons (Fsp3) is 0.133. The number of rotatable bonds is 5. The summed E-state index contributed by atoms with van der Waals surface area (Å²) in [4.78, 5) is 16.5. The Hall–Kier alpha value is -2.07. The summed E-state index contributed by atoms with van der Waals surface area (Å²) in [5.74, 6) is -2.41. The van der Waals surface area contributed by atoms with Crippen molar-refractivity contribution in [1.29, 1.82) is 0 Å². The first-order valence-corrected chi connectivity index (χ1v) is 8.57. The molecule has 0 bridgehead atoms. The van der Waals surface area contributed by atoms with Gasteiger partial charge in [-0.2, -0.15) is 0 Å². The van der Waals surface area contributed by atoms with Gasteiger partial charge in [0.2, 0.25) is 0 Å². The Morgan fingerprint density at radius 3 is 2.52 bits per heavy atom. The van der Waals surface area contributed by atoms with Gasteiger partial charge in [0.15, 0.2) is 0 Å². The predicted octanol–water partition coefficient (Wildman–Crippen LogP) is 3.05. The lowest BCUT2D eigenvalue weighted by atomic mass is 10.2. The van der Waals surface area contributed by atoms with Gasteiger partial charge in [-0.25, -0.2) is 17.2 Å². The summed E-state index contributed by atoms with van der Waals surface area (Å²) >= 11 is 5.89. The lowest BCUT2D eigenvalue weighted by molar-refractivity contribution is -0.0258. The minimum atomic E-state index is -4.10. The molecule has 0 aliphatic heterocycles. The molecule has 0 radical (unpaired) electrons. The van der Waals surface area contributed by atoms with Crippen molar-refractivity contribution < 1.29 is 26.8 Å². The van der Waals surface area contributed by atoms with Crippen LogP contribution in [0.3, 0.4) is 0 Å². The Morgan fingerprint density at radius 2 is 1.88 bits per heavy atom. The second-order valence-electron chi connectivity index (χ2n) is 4.82. The van der Waals surface area contributed by atoms with Crippen LogP contribution in [0, 0.1) is 11.6 Å². The van der Waals surface area contributed by atoms with Crippen LogP contribution in [0.5, 0.6) is 0 Å². The number of nitrogens with zero attached hydrogens (tertiary/aromatic N) is 1. The van der Waals surface area contributed by atoms with Crippen molar-refractivity contribution in [3.05, 3.63) is 58.6 Å². The van der Waals surface area contributed by atoms with Gasteiger partial charge in [-0.15, -0.1) is 0 Å². The minimum Gasteiger partial charge on any atom is -0.319 e. The van der Waals surface area contributed by atoms with E-state index in [0.29, 0.717) is 4.47 Å². The third-order valence-corrected chi connectivity index (χ3v) is 5.40. The number of carbonyl (C=O) groups excluding carboxylic acids is 1. The molecule has 2 aromatic rings. The molecule has 0 aliphatic rings. The molecule has 134 valence electrons. The van der Waals surface area contributed by atoms with Crippen LogP contribution in [0.2, 0.25) is 5.02 Å². The number of amides is 1. The van der Waals surface area contributed by atoms with Gasteiger partial charge in [0.1, 0.15) is 16.5 Å². The molecule has 0 spiro atoms. The lowest BCUT2D eigenvalue weighted by Crippen LogP contribution is -2.26. The number of sulfonamides is 1. The second kappa shape index (κ2) is 7.44. The molecule has 0 saturated heterocycles. The standard InChI is InChI=1S/C15H13ClF2N2O4S/c1-20(24-2)25(22,23)14-7-9(3-5-11(14)16)15(21)19-13-8-10(17)4-6-12(13)18/h3-8H,1-2H3,(H,19,21). The van der Waals surface area contributed by atoms with Gasteiger partial charge in [0, 0.05) is 18.7 Å². The van der Waals surface area contributed by atoms with Crippen molar-refractivity contribution >= 4 is 33.2 Å². The second-order valence-corrected chi connectivity index (χ2v) is 7.13. The average Bonchev–Trinajstić information content (AvgIpc) is 2.57. The van der Waals surface area contributed by atoms with Crippen molar-refractivity contribution in [2.24, 2.45) is 0 Å². The number of anilines is 1. The van der Waals surface area contributed by atoms with Crippen LogP contribution in [-0.2, 0) is 14.9 Å². The van der Waals surface area contributed by atoms with E-state index in [0.717, 1.165) is 38.4 Å². The van der Waals surface area contributed by atoms with Crippen molar-refractivity contribution in [3.63, 3.8) is 0 Å². The zero-order valence-corrected chi connectivity index (χ0v) is 14.7. The Balaban J connectivity index is 2.39. The van der Waals surface area contributed by atoms with Crippen LogP contribution < -0.4 is 5.32 Å². The van der Waals surface area contributed by atoms with Gasteiger partial charge < -0.3 is 5.32 Å². The summed E-state index contributed by atoms with van der Waals surface area (Å²) in [6.45, 7) is 0. The lowest BCUT2D eigenvalue weighted by Gasteiger charge is -2.16. The Bertz CT molecular complexity index is 922. The monoisotopic (exact) mass is 390 g/mol. The molecule has 25 heavy (non-hydrogen) atoms. The van der Waals surface area contributed by atoms with Crippen LogP contribution in [0.4, 0.5) is 14.5 Å². The Morgan fingerprint density at radius 1 is 1.20 bits per heavy atom. The molecule has 2 rings (SSSR count). The van der Waals surface area contributed by atoms with Gasteiger partial charge in [0.25, 0.3) is 15.9 Å². The topological polar surface area (TPSA) is 75.7 Å². The maximum absolute atomic E-state index is 13.6. The number of hydrogen-bond acceptors (Lipinski definition) is 4. The first kappa shape index (κ1) is 19.3. The van der Waals surface area contributed by atoms with Crippen LogP contribution in [0.15, 0.2) is 41.3 Å². The highest BCUT2D eigenvalue weighted by atomic mass is 35.5. The third kappa shape index (κ3) is 4.13. The normalized spacial score (nSPS) is 11.6. The van der Waals surface area contributed by atoms with E-state index in [9.17, 15) is 22.0 Å². The van der Waals surface area contributed by atoms with Crippen LogP contribution in [0.25, 0.3) is 0 Å². The molecule has 0 atom stereocenters. The molecule has 0 fully saturated rings. The molecule has 0 saturated carbocycles. The van der Waals surface area contributed by atoms with Crippen LogP contribution >= 0.6 is 11.6 Å². The van der Waals surface area contributed by atoms with Crippen molar-refractivity contribution in [2.75, 3.05) is 19.5 Å². The number of hydroxylamine groups is 1. The molecule has 2 aromatic carbocycles. The zero-order chi connectivity index (χ0) is 18.8. The first-order valence-electron chi connectivity index (χ1n) is 6.76. The predicted molar refractivity (Wildman–Crippen MR) is 87.7 cm³/mol. The van der Waals surface area contributed by atoms with Crippen molar-refractivity contribution in [2.45, 2.75) is 4.90 Å². The van der Waals surface area contributed by atoms with Gasteiger partial charge in [-0.05, 0) is 30.3 Å². The Labute approximate surface area is 148 Å². The Kier molecular flexibility index (Phi) is 5.73. The number of nitrogens with one attached hydrogen (secondary N) is 1. The SMILES string of the molecule is CON(C)S(=O)(=O)c1cc(C(=O)Nc2cc(F)ccc2F)ccc1Cl. The molecule has 0 aliphatic carbocycles. The van der Waals surface area contributed by atoms with E-state index >= 15 is 0 Å². The summed E-state index contributed by atoms with van der Waals surface area (Å²) < 4.78 is 51.9. The van der Waals surface area contributed by atoms with E-state index < -0.39 is 27.6 Å². The minimum absolute atomic E-state index is 0.115. The molecule has 1 amide bonds. The number of halogens is 3. The molecule has 10 heteroatoms. The first-order chi connectivity index (χ1) is 11.7. The largest absolute Gasteiger partial charge is 0.319 e. The molecule has 0 aromatic heterocycles. The fourth-order valence-corrected chi connectivity index (χ4v) is 3.34. The van der Waals surface area contributed by atoms with Crippen LogP contribution in [-0.4, -0.2) is 33.0 Å². The maximum Gasteiger partial charge on any atom is 0.266 e. The average molecular weight is 391 g/mol. The van der Waals surface area contributed by atoms with Crippen molar-refractivity contribution in [3.8, 4) is 0 Å². The molecular formula is C15H13ClF2N2O4S. The van der Waals surface area contributed by atoms with E-state index in [1.165, 1.54) is 12.1 Å². The number of hydrogen-bond donors (Lipinski definition) is 1. The van der Waals surface area contributed by atoms with Crippen LogP contribution in [0.1, 0.15) is 10.4 Å². The quantitative estimate of drug-likeness (QED) is 0.796. The molecule has 6 nitrogen and oxygen atoms in total. The maximum atomic E-state index is 13.6. The molecule has 0 unspecified atom stereocenters. The third-order valence-electron chi connectivity index (χ3n) is 3.24.